The van der Waals surface area contributed by atoms with Crippen LogP contribution in [0.15, 0.2) is 41.2 Å². The Hall–Kier alpha value is -2.36. The number of phenolic OH excluding ortho intramolecular Hbond substituents is 1. The zero-order chi connectivity index (χ0) is 17.2. The van der Waals surface area contributed by atoms with Gasteiger partial charge in [0.1, 0.15) is 11.4 Å². The fourth-order valence-electron chi connectivity index (χ4n) is 4.29. The van der Waals surface area contributed by atoms with Gasteiger partial charge in [0.15, 0.2) is 11.5 Å². The number of carbonyl (C=O) groups excluding carboxylic acids is 2. The molecule has 1 aliphatic heterocycles. The van der Waals surface area contributed by atoms with Crippen molar-refractivity contribution in [3.8, 4) is 5.75 Å². The molecular weight excluding hydrogens is 304 g/mol. The van der Waals surface area contributed by atoms with Crippen molar-refractivity contribution in [2.75, 3.05) is 0 Å². The first-order chi connectivity index (χ1) is 11.3. The Bertz CT molecular complexity index is 841. The molecule has 1 heterocycles. The van der Waals surface area contributed by atoms with Crippen LogP contribution in [-0.2, 0) is 4.74 Å². The molecule has 0 saturated heterocycles. The highest BCUT2D eigenvalue weighted by molar-refractivity contribution is 6.26. The van der Waals surface area contributed by atoms with Crippen molar-refractivity contribution in [1.29, 1.82) is 0 Å². The smallest absolute Gasteiger partial charge is 0.228 e. The normalized spacial score (nSPS) is 27.7. The van der Waals surface area contributed by atoms with Crippen molar-refractivity contribution >= 4 is 11.6 Å². The molecule has 24 heavy (non-hydrogen) atoms. The highest BCUT2D eigenvalue weighted by atomic mass is 16.5. The van der Waals surface area contributed by atoms with Gasteiger partial charge in [-0.2, -0.15) is 0 Å². The van der Waals surface area contributed by atoms with Crippen LogP contribution in [-0.4, -0.2) is 22.3 Å². The van der Waals surface area contributed by atoms with E-state index in [1.165, 1.54) is 23.8 Å². The van der Waals surface area contributed by atoms with Crippen LogP contribution in [0.5, 0.6) is 5.75 Å². The minimum Gasteiger partial charge on any atom is -0.508 e. The van der Waals surface area contributed by atoms with Crippen LogP contribution in [0.25, 0.3) is 0 Å². The van der Waals surface area contributed by atoms with Gasteiger partial charge >= 0.3 is 0 Å². The molecular formula is C20H20O4. The summed E-state index contributed by atoms with van der Waals surface area (Å²) in [6, 6.07) is 4.33. The summed E-state index contributed by atoms with van der Waals surface area (Å²) in [4.78, 5) is 26.0. The van der Waals surface area contributed by atoms with E-state index in [4.69, 9.17) is 4.74 Å². The monoisotopic (exact) mass is 324 g/mol. The molecule has 4 nitrogen and oxygen atoms in total. The fraction of sp³-hybridized carbons (Fsp3) is 0.400. The quantitative estimate of drug-likeness (QED) is 0.737. The third-order valence-corrected chi connectivity index (χ3v) is 5.53. The lowest BCUT2D eigenvalue weighted by Gasteiger charge is -2.47. The third kappa shape index (κ3) is 1.98. The molecule has 2 atom stereocenters. The van der Waals surface area contributed by atoms with Gasteiger partial charge in [0.2, 0.25) is 5.78 Å². The van der Waals surface area contributed by atoms with Crippen LogP contribution < -0.4 is 0 Å². The van der Waals surface area contributed by atoms with Crippen molar-refractivity contribution in [2.45, 2.75) is 39.2 Å². The summed E-state index contributed by atoms with van der Waals surface area (Å²) in [5.74, 6) is -0.239. The molecule has 3 aliphatic rings. The van der Waals surface area contributed by atoms with Crippen LogP contribution in [0.1, 0.15) is 54.3 Å². The number of hydrogen-bond donors (Lipinski definition) is 1. The van der Waals surface area contributed by atoms with E-state index in [0.29, 0.717) is 11.1 Å². The number of aromatic hydroxyl groups is 1. The number of rotatable bonds is 0. The molecule has 4 rings (SSSR count). The second-order valence-corrected chi connectivity index (χ2v) is 7.52. The average Bonchev–Trinajstić information content (AvgIpc) is 2.51. The lowest BCUT2D eigenvalue weighted by atomic mass is 9.65. The number of ketones is 2. The maximum atomic E-state index is 13.1. The van der Waals surface area contributed by atoms with E-state index in [2.05, 4.69) is 13.0 Å². The zero-order valence-corrected chi connectivity index (χ0v) is 14.1. The molecule has 1 N–H and O–H groups in total. The number of carbonyl (C=O) groups is 2. The van der Waals surface area contributed by atoms with Crippen LogP contribution in [0.2, 0.25) is 0 Å². The van der Waals surface area contributed by atoms with Gasteiger partial charge in [-0.3, -0.25) is 9.59 Å². The van der Waals surface area contributed by atoms with Gasteiger partial charge in [-0.05, 0) is 51.8 Å². The lowest BCUT2D eigenvalue weighted by Crippen LogP contribution is -2.48. The number of fused-ring (bicyclic) bond motifs is 3. The van der Waals surface area contributed by atoms with Crippen LogP contribution in [0.4, 0.5) is 0 Å². The van der Waals surface area contributed by atoms with E-state index < -0.39 is 5.60 Å². The Labute approximate surface area is 140 Å². The summed E-state index contributed by atoms with van der Waals surface area (Å²) >= 11 is 0. The van der Waals surface area contributed by atoms with Crippen molar-refractivity contribution in [3.63, 3.8) is 0 Å². The molecule has 0 fully saturated rings. The molecule has 0 bridgehead atoms. The second-order valence-electron chi connectivity index (χ2n) is 7.52. The molecule has 1 aromatic rings. The predicted octanol–water partition coefficient (Wildman–Crippen LogP) is 3.81. The lowest BCUT2D eigenvalue weighted by molar-refractivity contribution is -0.0493. The molecule has 4 heteroatoms. The van der Waals surface area contributed by atoms with Gasteiger partial charge in [-0.25, -0.2) is 0 Å². The minimum atomic E-state index is -0.509. The zero-order valence-electron chi connectivity index (χ0n) is 14.1. The number of phenols is 1. The SMILES string of the molecule is CC1=C[C@H]2C3=C(OC(C)(C)[C@@H]2CC1)C(=O)c1cc(O)ccc1C3=O. The Balaban J connectivity index is 1.94. The first-order valence-corrected chi connectivity index (χ1v) is 8.32. The standard InChI is InChI=1S/C20H20O4/c1-10-4-7-15-14(8-10)16-17(22)12-6-5-11(21)9-13(12)18(23)19(16)24-20(15,2)3/h5-6,8-9,14-15,21H,4,7H2,1-3H3/t14-,15-/m1/s1. The highest BCUT2D eigenvalue weighted by Gasteiger charge is 2.50. The van der Waals surface area contributed by atoms with E-state index in [1.807, 2.05) is 13.8 Å². The van der Waals surface area contributed by atoms with Crippen molar-refractivity contribution < 1.29 is 19.4 Å². The molecule has 0 spiro atoms. The van der Waals surface area contributed by atoms with Gasteiger partial charge in [0, 0.05) is 23.0 Å². The maximum absolute atomic E-state index is 13.1. The molecule has 2 aliphatic carbocycles. The molecule has 0 saturated carbocycles. The van der Waals surface area contributed by atoms with Gasteiger partial charge in [0.25, 0.3) is 0 Å². The van der Waals surface area contributed by atoms with E-state index in [1.54, 1.807) is 0 Å². The molecule has 0 amide bonds. The van der Waals surface area contributed by atoms with Gasteiger partial charge < -0.3 is 9.84 Å². The summed E-state index contributed by atoms with van der Waals surface area (Å²) in [7, 11) is 0. The number of ether oxygens (including phenoxy) is 1. The topological polar surface area (TPSA) is 63.6 Å². The fourth-order valence-corrected chi connectivity index (χ4v) is 4.29. The van der Waals surface area contributed by atoms with Gasteiger partial charge in [-0.15, -0.1) is 0 Å². The summed E-state index contributed by atoms with van der Waals surface area (Å²) in [5.41, 5.74) is 1.81. The predicted molar refractivity (Wildman–Crippen MR) is 88.9 cm³/mol. The number of hydrogen-bond acceptors (Lipinski definition) is 4. The van der Waals surface area contributed by atoms with Crippen LogP contribution in [0, 0.1) is 11.8 Å². The number of Topliss-reactive ketones (excluding diaryl/α,β-unsaturated/α-hetero) is 2. The maximum Gasteiger partial charge on any atom is 0.228 e. The molecule has 0 unspecified atom stereocenters. The first kappa shape index (κ1) is 15.2. The first-order valence-electron chi connectivity index (χ1n) is 8.32. The van der Waals surface area contributed by atoms with Gasteiger partial charge in [0.05, 0.1) is 5.57 Å². The average molecular weight is 324 g/mol. The Morgan fingerprint density at radius 2 is 1.92 bits per heavy atom. The summed E-state index contributed by atoms with van der Waals surface area (Å²) in [6.07, 6.45) is 4.06. The van der Waals surface area contributed by atoms with E-state index in [0.717, 1.165) is 12.8 Å². The molecule has 124 valence electrons. The van der Waals surface area contributed by atoms with Crippen molar-refractivity contribution in [3.05, 3.63) is 52.3 Å². The molecule has 1 aromatic carbocycles. The minimum absolute atomic E-state index is 0.0275. The largest absolute Gasteiger partial charge is 0.508 e. The van der Waals surface area contributed by atoms with E-state index in [-0.39, 0.29) is 40.5 Å². The van der Waals surface area contributed by atoms with E-state index in [9.17, 15) is 14.7 Å². The summed E-state index contributed by atoms with van der Waals surface area (Å²) in [6.45, 7) is 6.04. The van der Waals surface area contributed by atoms with Crippen LogP contribution >= 0.6 is 0 Å². The molecule has 0 radical (unpaired) electrons. The van der Waals surface area contributed by atoms with Crippen LogP contribution in [0.3, 0.4) is 0 Å². The third-order valence-electron chi connectivity index (χ3n) is 5.53. The Morgan fingerprint density at radius 1 is 1.17 bits per heavy atom. The number of allylic oxidation sites excluding steroid dienone is 4. The second kappa shape index (κ2) is 4.82. The highest BCUT2D eigenvalue weighted by Crippen LogP contribution is 2.50. The summed E-state index contributed by atoms with van der Waals surface area (Å²) in [5, 5.41) is 9.68. The summed E-state index contributed by atoms with van der Waals surface area (Å²) < 4.78 is 6.06. The van der Waals surface area contributed by atoms with Crippen molar-refractivity contribution in [2.24, 2.45) is 11.8 Å². The number of benzene rings is 1. The van der Waals surface area contributed by atoms with Crippen molar-refractivity contribution in [1.82, 2.24) is 0 Å². The Morgan fingerprint density at radius 3 is 2.67 bits per heavy atom. The van der Waals surface area contributed by atoms with Gasteiger partial charge in [-0.1, -0.05) is 11.6 Å². The Kier molecular flexibility index (Phi) is 3.05. The van der Waals surface area contributed by atoms with E-state index >= 15 is 0 Å². The molecule has 0 aromatic heterocycles.